The van der Waals surface area contributed by atoms with Crippen molar-refractivity contribution >= 4 is 11.8 Å². The number of carbonyl (C=O) groups excluding carboxylic acids is 2. The zero-order chi connectivity index (χ0) is 20.2. The maximum Gasteiger partial charge on any atom is 0.263 e. The molecule has 150 valence electrons. The van der Waals surface area contributed by atoms with Crippen LogP contribution in [0.5, 0.6) is 0 Å². The molecule has 2 heterocycles. The predicted molar refractivity (Wildman–Crippen MR) is 104 cm³/mol. The molecule has 0 aliphatic carbocycles. The number of nitrogens with one attached hydrogen (secondary N) is 1. The van der Waals surface area contributed by atoms with Crippen LogP contribution in [0.1, 0.15) is 59.8 Å². The number of nitriles is 1. The molecule has 7 nitrogen and oxygen atoms in total. The van der Waals surface area contributed by atoms with E-state index in [-0.39, 0.29) is 34.5 Å². The molecule has 3 N–H and O–H groups in total. The Morgan fingerprint density at radius 3 is 2.48 bits per heavy atom. The summed E-state index contributed by atoms with van der Waals surface area (Å²) in [4.78, 5) is 28.0. The average molecular weight is 376 g/mol. The second-order valence-corrected chi connectivity index (χ2v) is 8.91. The molecule has 0 aromatic carbocycles. The zero-order valence-electron chi connectivity index (χ0n) is 17.0. The molecule has 0 radical (unpaired) electrons. The third-order valence-corrected chi connectivity index (χ3v) is 5.51. The first kappa shape index (κ1) is 21.2. The number of hydrogen-bond donors (Lipinski definition) is 2. The number of amides is 2. The van der Waals surface area contributed by atoms with Crippen molar-refractivity contribution in [3.63, 3.8) is 0 Å². The van der Waals surface area contributed by atoms with Gasteiger partial charge in [-0.05, 0) is 53.4 Å². The molecule has 2 aliphatic rings. The lowest BCUT2D eigenvalue weighted by atomic mass is 9.77. The van der Waals surface area contributed by atoms with Crippen LogP contribution in [0.15, 0.2) is 11.8 Å². The molecular formula is C20H33N5O2. The van der Waals surface area contributed by atoms with Gasteiger partial charge in [-0.25, -0.2) is 0 Å². The topological polar surface area (TPSA) is 102 Å². The molecule has 0 atom stereocenters. The molecule has 0 unspecified atom stereocenters. The van der Waals surface area contributed by atoms with Crippen LogP contribution in [-0.2, 0) is 9.59 Å². The van der Waals surface area contributed by atoms with Crippen molar-refractivity contribution in [3.05, 3.63) is 11.8 Å². The Balaban J connectivity index is 1.96. The van der Waals surface area contributed by atoms with Gasteiger partial charge in [0, 0.05) is 49.4 Å². The summed E-state index contributed by atoms with van der Waals surface area (Å²) in [6, 6.07) is 2.14. The fraction of sp³-hybridized carbons (Fsp3) is 0.750. The molecular weight excluding hydrogens is 342 g/mol. The van der Waals surface area contributed by atoms with Crippen molar-refractivity contribution < 1.29 is 9.59 Å². The van der Waals surface area contributed by atoms with Crippen molar-refractivity contribution in [2.24, 2.45) is 5.73 Å². The first-order chi connectivity index (χ1) is 12.6. The second kappa shape index (κ2) is 8.30. The molecule has 0 spiro atoms. The van der Waals surface area contributed by atoms with Gasteiger partial charge in [0.2, 0.25) is 5.91 Å². The minimum Gasteiger partial charge on any atom is -0.366 e. The van der Waals surface area contributed by atoms with E-state index < -0.39 is 0 Å². The summed E-state index contributed by atoms with van der Waals surface area (Å²) >= 11 is 0. The van der Waals surface area contributed by atoms with Crippen molar-refractivity contribution in [2.75, 3.05) is 19.6 Å². The van der Waals surface area contributed by atoms with Crippen molar-refractivity contribution in [3.8, 4) is 6.07 Å². The van der Waals surface area contributed by atoms with Crippen LogP contribution >= 0.6 is 0 Å². The highest BCUT2D eigenvalue weighted by atomic mass is 16.2. The summed E-state index contributed by atoms with van der Waals surface area (Å²) in [6.07, 6.45) is 5.52. The summed E-state index contributed by atoms with van der Waals surface area (Å²) in [7, 11) is 0. The van der Waals surface area contributed by atoms with Gasteiger partial charge in [0.05, 0.1) is 0 Å². The molecule has 27 heavy (non-hydrogen) atoms. The quantitative estimate of drug-likeness (QED) is 0.416. The molecule has 2 rings (SSSR count). The van der Waals surface area contributed by atoms with E-state index in [0.29, 0.717) is 25.9 Å². The van der Waals surface area contributed by atoms with Gasteiger partial charge in [-0.1, -0.05) is 0 Å². The predicted octanol–water partition coefficient (Wildman–Crippen LogP) is 1.50. The van der Waals surface area contributed by atoms with Gasteiger partial charge in [-0.15, -0.1) is 0 Å². The minimum absolute atomic E-state index is 0.101. The number of hydrogen-bond acceptors (Lipinski definition) is 5. The number of carbonyl (C=O) groups is 2. The first-order valence-corrected chi connectivity index (χ1v) is 9.80. The lowest BCUT2D eigenvalue weighted by molar-refractivity contribution is -0.127. The summed E-state index contributed by atoms with van der Waals surface area (Å²) in [5.74, 6) is -0.182. The third kappa shape index (κ3) is 5.23. The SMILES string of the molecule is CC1(C)CC(N)CC(C)(C)N1/C=C(/C#N)C(=O)NCCCN1CCCC1=O. The highest BCUT2D eigenvalue weighted by Crippen LogP contribution is 2.38. The van der Waals surface area contributed by atoms with E-state index in [4.69, 9.17) is 5.73 Å². The largest absolute Gasteiger partial charge is 0.366 e. The first-order valence-electron chi connectivity index (χ1n) is 9.80. The Hall–Kier alpha value is -2.07. The van der Waals surface area contributed by atoms with E-state index in [1.165, 1.54) is 0 Å². The van der Waals surface area contributed by atoms with Crippen LogP contribution in [0, 0.1) is 11.3 Å². The van der Waals surface area contributed by atoms with Crippen LogP contribution in [-0.4, -0.2) is 58.4 Å². The number of rotatable bonds is 6. The Morgan fingerprint density at radius 2 is 1.96 bits per heavy atom. The van der Waals surface area contributed by atoms with Crippen molar-refractivity contribution in [2.45, 2.75) is 76.9 Å². The maximum atomic E-state index is 12.5. The monoisotopic (exact) mass is 375 g/mol. The van der Waals surface area contributed by atoms with Gasteiger partial charge in [0.15, 0.2) is 0 Å². The minimum atomic E-state index is -0.369. The Labute approximate surface area is 162 Å². The number of piperidine rings is 1. The van der Waals surface area contributed by atoms with Gasteiger partial charge >= 0.3 is 0 Å². The molecule has 0 aromatic heterocycles. The second-order valence-electron chi connectivity index (χ2n) is 8.91. The van der Waals surface area contributed by atoms with Gasteiger partial charge in [-0.3, -0.25) is 9.59 Å². The van der Waals surface area contributed by atoms with Gasteiger partial charge < -0.3 is 20.9 Å². The maximum absolute atomic E-state index is 12.5. The van der Waals surface area contributed by atoms with Crippen LogP contribution in [0.25, 0.3) is 0 Å². The van der Waals surface area contributed by atoms with Crippen LogP contribution < -0.4 is 11.1 Å². The molecule has 0 saturated carbocycles. The van der Waals surface area contributed by atoms with Crippen LogP contribution in [0.2, 0.25) is 0 Å². The molecule has 7 heteroatoms. The van der Waals surface area contributed by atoms with Crippen molar-refractivity contribution in [1.82, 2.24) is 15.1 Å². The molecule has 2 aliphatic heterocycles. The molecule has 2 saturated heterocycles. The average Bonchev–Trinajstić information content (AvgIpc) is 2.94. The molecule has 0 bridgehead atoms. The number of nitrogens with zero attached hydrogens (tertiary/aromatic N) is 3. The van der Waals surface area contributed by atoms with Crippen molar-refractivity contribution in [1.29, 1.82) is 5.26 Å². The van der Waals surface area contributed by atoms with E-state index in [0.717, 1.165) is 25.8 Å². The Bertz CT molecular complexity index is 629. The highest BCUT2D eigenvalue weighted by Gasteiger charge is 2.43. The number of nitrogens with two attached hydrogens (primary N) is 1. The normalized spacial score (nSPS) is 22.7. The fourth-order valence-electron chi connectivity index (χ4n) is 4.50. The highest BCUT2D eigenvalue weighted by molar-refractivity contribution is 5.97. The number of likely N-dealkylation sites (tertiary alicyclic amines) is 2. The summed E-state index contributed by atoms with van der Waals surface area (Å²) in [5.41, 5.74) is 5.82. The van der Waals surface area contributed by atoms with E-state index in [9.17, 15) is 14.9 Å². The standard InChI is InChI=1S/C20H33N5O2/c1-19(2)11-16(22)12-20(3,4)25(19)14-15(13-21)18(27)23-8-6-10-24-9-5-7-17(24)26/h14,16H,5-12,22H2,1-4H3,(H,23,27)/b15-14-. The molecule has 0 aromatic rings. The summed E-state index contributed by atoms with van der Waals surface area (Å²) in [6.45, 7) is 10.2. The van der Waals surface area contributed by atoms with E-state index >= 15 is 0 Å². The Morgan fingerprint density at radius 1 is 1.33 bits per heavy atom. The smallest absolute Gasteiger partial charge is 0.263 e. The van der Waals surface area contributed by atoms with Crippen LogP contribution in [0.3, 0.4) is 0 Å². The van der Waals surface area contributed by atoms with Crippen LogP contribution in [0.4, 0.5) is 0 Å². The zero-order valence-corrected chi connectivity index (χ0v) is 17.0. The van der Waals surface area contributed by atoms with Gasteiger partial charge in [0.1, 0.15) is 11.6 Å². The molecule has 2 fully saturated rings. The lowest BCUT2D eigenvalue weighted by Gasteiger charge is -2.54. The van der Waals surface area contributed by atoms with E-state index in [1.54, 1.807) is 6.20 Å². The van der Waals surface area contributed by atoms with E-state index in [1.807, 2.05) is 11.0 Å². The third-order valence-electron chi connectivity index (χ3n) is 5.51. The Kier molecular flexibility index (Phi) is 6.53. The lowest BCUT2D eigenvalue weighted by Crippen LogP contribution is -2.61. The molecule has 2 amide bonds. The summed E-state index contributed by atoms with van der Waals surface area (Å²) in [5, 5.41) is 12.3. The van der Waals surface area contributed by atoms with Gasteiger partial charge in [-0.2, -0.15) is 5.26 Å². The van der Waals surface area contributed by atoms with Gasteiger partial charge in [0.25, 0.3) is 5.91 Å². The fourth-order valence-corrected chi connectivity index (χ4v) is 4.50. The van der Waals surface area contributed by atoms with E-state index in [2.05, 4.69) is 37.9 Å². The summed E-state index contributed by atoms with van der Waals surface area (Å²) < 4.78 is 0.